The monoisotopic (exact) mass is 512 g/mol. The Hall–Kier alpha value is -3.08. The standard InChI is InChI=1S/C23H20ClF3N2O4S/c1-15(16-6-3-2-4-7-16)29-34(31,32)19-10-11-21(20(24)13-19)33-14-22(30)28-18-9-5-8-17(12-18)23(25,26)27/h2-13,15,29H,14H2,1H3,(H,28,30)/t15-/m0/s1. The molecule has 0 saturated heterocycles. The van der Waals surface area contributed by atoms with E-state index in [-0.39, 0.29) is 21.4 Å². The third-order valence-electron chi connectivity index (χ3n) is 4.68. The number of carbonyl (C=O) groups excluding carboxylic acids is 1. The average Bonchev–Trinajstić information content (AvgIpc) is 2.78. The van der Waals surface area contributed by atoms with Crippen molar-refractivity contribution in [2.75, 3.05) is 11.9 Å². The minimum Gasteiger partial charge on any atom is -0.482 e. The van der Waals surface area contributed by atoms with Gasteiger partial charge >= 0.3 is 6.18 Å². The van der Waals surface area contributed by atoms with Crippen molar-refractivity contribution in [3.63, 3.8) is 0 Å². The molecule has 0 aliphatic heterocycles. The molecule has 0 saturated carbocycles. The number of anilines is 1. The smallest absolute Gasteiger partial charge is 0.416 e. The Morgan fingerprint density at radius 2 is 1.74 bits per heavy atom. The fourth-order valence-corrected chi connectivity index (χ4v) is 4.55. The summed E-state index contributed by atoms with van der Waals surface area (Å²) in [6.07, 6.45) is -4.54. The summed E-state index contributed by atoms with van der Waals surface area (Å²) in [5.41, 5.74) is -0.167. The number of amides is 1. The van der Waals surface area contributed by atoms with Crippen molar-refractivity contribution in [3.05, 3.63) is 88.9 Å². The fourth-order valence-electron chi connectivity index (χ4n) is 2.99. The summed E-state index contributed by atoms with van der Waals surface area (Å²) in [6, 6.07) is 16.4. The van der Waals surface area contributed by atoms with Gasteiger partial charge in [0.2, 0.25) is 10.0 Å². The van der Waals surface area contributed by atoms with E-state index in [0.29, 0.717) is 0 Å². The molecular formula is C23H20ClF3N2O4S. The molecule has 2 N–H and O–H groups in total. The van der Waals surface area contributed by atoms with E-state index < -0.39 is 40.3 Å². The van der Waals surface area contributed by atoms with Crippen molar-refractivity contribution >= 4 is 33.2 Å². The van der Waals surface area contributed by atoms with E-state index in [0.717, 1.165) is 17.7 Å². The molecule has 11 heteroatoms. The summed E-state index contributed by atoms with van der Waals surface area (Å²) in [6.45, 7) is 1.15. The summed E-state index contributed by atoms with van der Waals surface area (Å²) >= 11 is 6.13. The van der Waals surface area contributed by atoms with Crippen LogP contribution in [0.2, 0.25) is 5.02 Å². The summed E-state index contributed by atoms with van der Waals surface area (Å²) < 4.78 is 71.6. The minimum atomic E-state index is -4.54. The predicted molar refractivity (Wildman–Crippen MR) is 122 cm³/mol. The van der Waals surface area contributed by atoms with Gasteiger partial charge in [-0.3, -0.25) is 4.79 Å². The number of hydrogen-bond acceptors (Lipinski definition) is 4. The van der Waals surface area contributed by atoms with Gasteiger partial charge in [-0.1, -0.05) is 48.0 Å². The van der Waals surface area contributed by atoms with Crippen molar-refractivity contribution in [2.45, 2.75) is 24.0 Å². The topological polar surface area (TPSA) is 84.5 Å². The zero-order valence-corrected chi connectivity index (χ0v) is 19.3. The lowest BCUT2D eigenvalue weighted by atomic mass is 10.1. The highest BCUT2D eigenvalue weighted by Crippen LogP contribution is 2.31. The van der Waals surface area contributed by atoms with Crippen molar-refractivity contribution in [3.8, 4) is 5.75 Å². The second kappa shape index (κ2) is 10.5. The highest BCUT2D eigenvalue weighted by atomic mass is 35.5. The first kappa shape index (κ1) is 25.5. The molecule has 0 aromatic heterocycles. The normalized spacial score (nSPS) is 12.7. The van der Waals surface area contributed by atoms with E-state index in [9.17, 15) is 26.4 Å². The van der Waals surface area contributed by atoms with E-state index in [2.05, 4.69) is 10.0 Å². The van der Waals surface area contributed by atoms with Crippen LogP contribution >= 0.6 is 11.6 Å². The number of carbonyl (C=O) groups is 1. The van der Waals surface area contributed by atoms with Gasteiger partial charge in [-0.2, -0.15) is 13.2 Å². The maximum absolute atomic E-state index is 12.8. The summed E-state index contributed by atoms with van der Waals surface area (Å²) in [4.78, 5) is 12.0. The van der Waals surface area contributed by atoms with Crippen molar-refractivity contribution < 1.29 is 31.1 Å². The molecule has 180 valence electrons. The molecule has 1 amide bonds. The lowest BCUT2D eigenvalue weighted by molar-refractivity contribution is -0.137. The van der Waals surface area contributed by atoms with E-state index in [1.807, 2.05) is 6.07 Å². The highest BCUT2D eigenvalue weighted by Gasteiger charge is 2.30. The molecule has 0 spiro atoms. The van der Waals surface area contributed by atoms with Gasteiger partial charge in [0.15, 0.2) is 6.61 Å². The summed E-state index contributed by atoms with van der Waals surface area (Å²) in [7, 11) is -3.90. The molecule has 0 bridgehead atoms. The first-order valence-corrected chi connectivity index (χ1v) is 11.8. The second-order valence-electron chi connectivity index (χ2n) is 7.26. The van der Waals surface area contributed by atoms with E-state index in [1.54, 1.807) is 31.2 Å². The Bertz CT molecular complexity index is 1270. The van der Waals surface area contributed by atoms with Crippen molar-refractivity contribution in [1.29, 1.82) is 0 Å². The number of benzene rings is 3. The van der Waals surface area contributed by atoms with Gasteiger partial charge in [-0.25, -0.2) is 13.1 Å². The summed E-state index contributed by atoms with van der Waals surface area (Å²) in [5.74, 6) is -0.679. The van der Waals surface area contributed by atoms with Crippen molar-refractivity contribution in [2.24, 2.45) is 0 Å². The molecule has 34 heavy (non-hydrogen) atoms. The molecule has 1 atom stereocenters. The Morgan fingerprint density at radius 3 is 2.38 bits per heavy atom. The van der Waals surface area contributed by atoms with Crippen LogP contribution in [0.15, 0.2) is 77.7 Å². The maximum Gasteiger partial charge on any atom is 0.416 e. The largest absolute Gasteiger partial charge is 0.482 e. The third kappa shape index (κ3) is 6.72. The van der Waals surface area contributed by atoms with Crippen LogP contribution in [-0.4, -0.2) is 20.9 Å². The SMILES string of the molecule is C[C@H](NS(=O)(=O)c1ccc(OCC(=O)Nc2cccc(C(F)(F)F)c2)c(Cl)c1)c1ccccc1. The Labute approximate surface area is 199 Å². The van der Waals surface area contributed by atoms with Crippen LogP contribution in [0.25, 0.3) is 0 Å². The zero-order valence-electron chi connectivity index (χ0n) is 17.8. The molecule has 0 aliphatic rings. The molecule has 3 rings (SSSR count). The van der Waals surface area contributed by atoms with Crippen LogP contribution in [-0.2, 0) is 21.0 Å². The average molecular weight is 513 g/mol. The van der Waals surface area contributed by atoms with E-state index in [4.69, 9.17) is 16.3 Å². The summed E-state index contributed by atoms with van der Waals surface area (Å²) in [5, 5.41) is 2.25. The van der Waals surface area contributed by atoms with Crippen LogP contribution in [0, 0.1) is 0 Å². The maximum atomic E-state index is 12.8. The number of alkyl halides is 3. The fraction of sp³-hybridized carbons (Fsp3) is 0.174. The molecule has 3 aromatic rings. The Morgan fingerprint density at radius 1 is 1.03 bits per heavy atom. The number of rotatable bonds is 8. The molecule has 0 aliphatic carbocycles. The second-order valence-corrected chi connectivity index (χ2v) is 9.38. The van der Waals surface area contributed by atoms with Crippen LogP contribution < -0.4 is 14.8 Å². The van der Waals surface area contributed by atoms with E-state index in [1.165, 1.54) is 30.3 Å². The first-order valence-electron chi connectivity index (χ1n) is 9.92. The Balaban J connectivity index is 1.62. The first-order chi connectivity index (χ1) is 16.0. The number of hydrogen-bond donors (Lipinski definition) is 2. The zero-order chi connectivity index (χ0) is 24.9. The van der Waals surface area contributed by atoms with Gasteiger partial charge in [0, 0.05) is 11.7 Å². The molecule has 0 unspecified atom stereocenters. The lowest BCUT2D eigenvalue weighted by Gasteiger charge is -2.15. The van der Waals surface area contributed by atoms with Gasteiger partial charge in [-0.05, 0) is 48.9 Å². The van der Waals surface area contributed by atoms with Crippen LogP contribution in [0.3, 0.4) is 0 Å². The molecule has 6 nitrogen and oxygen atoms in total. The molecule has 3 aromatic carbocycles. The number of sulfonamides is 1. The predicted octanol–water partition coefficient (Wildman–Crippen LogP) is 5.42. The molecular weight excluding hydrogens is 493 g/mol. The molecule has 0 heterocycles. The number of halogens is 4. The lowest BCUT2D eigenvalue weighted by Crippen LogP contribution is -2.27. The van der Waals surface area contributed by atoms with Gasteiger partial charge in [0.05, 0.1) is 15.5 Å². The quantitative estimate of drug-likeness (QED) is 0.422. The van der Waals surface area contributed by atoms with Gasteiger partial charge < -0.3 is 10.1 Å². The Kier molecular flexibility index (Phi) is 7.86. The van der Waals surface area contributed by atoms with E-state index >= 15 is 0 Å². The molecule has 0 radical (unpaired) electrons. The van der Waals surface area contributed by atoms with Crippen LogP contribution in [0.4, 0.5) is 18.9 Å². The van der Waals surface area contributed by atoms with Crippen LogP contribution in [0.1, 0.15) is 24.1 Å². The van der Waals surface area contributed by atoms with Crippen molar-refractivity contribution in [1.82, 2.24) is 4.72 Å². The van der Waals surface area contributed by atoms with Crippen LogP contribution in [0.5, 0.6) is 5.75 Å². The van der Waals surface area contributed by atoms with Gasteiger partial charge in [0.25, 0.3) is 5.91 Å². The minimum absolute atomic E-state index is 0.0379. The van der Waals surface area contributed by atoms with Gasteiger partial charge in [0.1, 0.15) is 5.75 Å². The number of nitrogens with one attached hydrogen (secondary N) is 2. The van der Waals surface area contributed by atoms with Gasteiger partial charge in [-0.15, -0.1) is 0 Å². The highest BCUT2D eigenvalue weighted by molar-refractivity contribution is 7.89. The molecule has 0 fully saturated rings. The number of ether oxygens (including phenoxy) is 1. The third-order valence-corrected chi connectivity index (χ3v) is 6.51.